The van der Waals surface area contributed by atoms with E-state index in [2.05, 4.69) is 26.2 Å². The lowest BCUT2D eigenvalue weighted by Gasteiger charge is -2.72. The number of fused-ring (bicyclic) bond motifs is 1. The van der Waals surface area contributed by atoms with Crippen LogP contribution >= 0.6 is 15.9 Å². The maximum Gasteiger partial charge on any atom is 0.254 e. The van der Waals surface area contributed by atoms with Gasteiger partial charge in [0.2, 0.25) is 0 Å². The molecule has 4 N–H and O–H groups in total. The highest BCUT2D eigenvalue weighted by molar-refractivity contribution is 9.10. The van der Waals surface area contributed by atoms with Gasteiger partial charge in [-0.05, 0) is 73.7 Å². The molecule has 0 saturated heterocycles. The average molecular weight is 488 g/mol. The first kappa shape index (κ1) is 20.6. The summed E-state index contributed by atoms with van der Waals surface area (Å²) in [6.45, 7) is 7.66. The van der Waals surface area contributed by atoms with Crippen LogP contribution in [0.15, 0.2) is 21.4 Å². The van der Waals surface area contributed by atoms with Crippen molar-refractivity contribution >= 4 is 21.8 Å². The Kier molecular flexibility index (Phi) is 4.22. The van der Waals surface area contributed by atoms with Gasteiger partial charge in [0, 0.05) is 41.4 Å². The summed E-state index contributed by atoms with van der Waals surface area (Å²) in [5, 5.41) is 2.87. The van der Waals surface area contributed by atoms with E-state index in [1.54, 1.807) is 6.07 Å². The van der Waals surface area contributed by atoms with Crippen molar-refractivity contribution in [3.8, 4) is 11.5 Å². The fourth-order valence-corrected chi connectivity index (χ4v) is 5.99. The number of halogens is 1. The monoisotopic (exact) mass is 487 g/mol. The summed E-state index contributed by atoms with van der Waals surface area (Å²) >= 11 is 3.54. The first-order valence-electron chi connectivity index (χ1n) is 10.4. The first-order chi connectivity index (χ1) is 14.5. The second-order valence-corrected chi connectivity index (χ2v) is 10.5. The Morgan fingerprint density at radius 3 is 2.45 bits per heavy atom. The Hall–Kier alpha value is -2.32. The number of hydrogen-bond donors (Lipinski definition) is 3. The second kappa shape index (κ2) is 6.36. The molecule has 3 fully saturated rings. The molecule has 8 heteroatoms. The average Bonchev–Trinajstić information content (AvgIpc) is 3.00. The van der Waals surface area contributed by atoms with Crippen LogP contribution in [0.3, 0.4) is 0 Å². The highest BCUT2D eigenvalue weighted by Crippen LogP contribution is 2.72. The van der Waals surface area contributed by atoms with Gasteiger partial charge in [-0.2, -0.15) is 0 Å². The zero-order valence-electron chi connectivity index (χ0n) is 18.1. The molecule has 1 atom stereocenters. The largest absolute Gasteiger partial charge is 0.448 e. The van der Waals surface area contributed by atoms with E-state index < -0.39 is 5.79 Å². The third-order valence-corrected chi connectivity index (χ3v) is 7.82. The van der Waals surface area contributed by atoms with Crippen LogP contribution in [0.1, 0.15) is 58.9 Å². The van der Waals surface area contributed by atoms with Crippen LogP contribution in [-0.2, 0) is 6.54 Å². The first-order valence-corrected chi connectivity index (χ1v) is 11.2. The zero-order valence-corrected chi connectivity index (χ0v) is 19.7. The number of amides is 1. The number of carbonyl (C=O) groups excluding carboxylic acids is 1. The molecule has 3 aliphatic carbocycles. The number of pyridine rings is 1. The topological polar surface area (TPSA) is 106 Å². The molecule has 3 saturated carbocycles. The Bertz CT molecular complexity index is 1180. The highest BCUT2D eigenvalue weighted by atomic mass is 79.9. The molecule has 1 aromatic carbocycles. The molecule has 7 nitrogen and oxygen atoms in total. The van der Waals surface area contributed by atoms with Crippen molar-refractivity contribution in [2.24, 2.45) is 11.1 Å². The van der Waals surface area contributed by atoms with Gasteiger partial charge < -0.3 is 25.5 Å². The van der Waals surface area contributed by atoms with Crippen LogP contribution in [0.5, 0.6) is 11.5 Å². The van der Waals surface area contributed by atoms with E-state index in [4.69, 9.17) is 15.2 Å². The van der Waals surface area contributed by atoms with Crippen molar-refractivity contribution in [2.45, 2.75) is 64.8 Å². The summed E-state index contributed by atoms with van der Waals surface area (Å²) in [6.07, 6.45) is 2.66. The number of benzene rings is 1. The van der Waals surface area contributed by atoms with Crippen molar-refractivity contribution in [1.29, 1.82) is 0 Å². The lowest BCUT2D eigenvalue weighted by Crippen LogP contribution is -2.80. The molecule has 6 rings (SSSR count). The minimum Gasteiger partial charge on any atom is -0.448 e. The summed E-state index contributed by atoms with van der Waals surface area (Å²) in [7, 11) is 0. The lowest BCUT2D eigenvalue weighted by atomic mass is 9.37. The van der Waals surface area contributed by atoms with E-state index in [0.29, 0.717) is 32.7 Å². The molecule has 2 bridgehead atoms. The van der Waals surface area contributed by atoms with Crippen LogP contribution < -0.4 is 26.1 Å². The van der Waals surface area contributed by atoms with Crippen molar-refractivity contribution in [1.82, 2.24) is 10.3 Å². The van der Waals surface area contributed by atoms with Crippen molar-refractivity contribution in [3.05, 3.63) is 54.9 Å². The van der Waals surface area contributed by atoms with Crippen molar-refractivity contribution in [2.75, 3.05) is 0 Å². The van der Waals surface area contributed by atoms with Crippen LogP contribution in [0.4, 0.5) is 0 Å². The Balaban J connectivity index is 1.39. The number of aryl methyl sites for hydroxylation is 2. The van der Waals surface area contributed by atoms with E-state index >= 15 is 0 Å². The fraction of sp³-hybridized carbons (Fsp3) is 0.478. The van der Waals surface area contributed by atoms with E-state index in [-0.39, 0.29) is 29.0 Å². The standard InChI is InChI=1S/C23H26BrN3O4/c1-11-5-12(2)27-20(29)15(11)7-26-19(28)14-6-16(24)18-17(13(14)3)30-21(4,31-18)22-8-23(25,9-22)10-22/h5-6H,7-10,25H2,1-4H3,(H,26,28)(H,27,29). The predicted molar refractivity (Wildman–Crippen MR) is 119 cm³/mol. The molecule has 0 spiro atoms. The van der Waals surface area contributed by atoms with Gasteiger partial charge in [-0.3, -0.25) is 9.59 Å². The van der Waals surface area contributed by atoms with Gasteiger partial charge in [0.25, 0.3) is 17.3 Å². The number of aromatic nitrogens is 1. The normalized spacial score (nSPS) is 29.9. The maximum atomic E-state index is 13.0. The Morgan fingerprint density at radius 2 is 1.84 bits per heavy atom. The summed E-state index contributed by atoms with van der Waals surface area (Å²) in [6, 6.07) is 3.64. The molecule has 1 unspecified atom stereocenters. The Morgan fingerprint density at radius 1 is 1.19 bits per heavy atom. The van der Waals surface area contributed by atoms with Gasteiger partial charge in [-0.15, -0.1) is 0 Å². The SMILES string of the molecule is Cc1cc(C)c(CNC(=O)c2cc(Br)c3c(c2C)OC(C)(C24CC(N)(C2)C4)O3)c(=O)[nH]1. The van der Waals surface area contributed by atoms with E-state index in [9.17, 15) is 9.59 Å². The quantitative estimate of drug-likeness (QED) is 0.612. The third-order valence-electron chi connectivity index (χ3n) is 7.23. The van der Waals surface area contributed by atoms with E-state index in [1.165, 1.54) is 0 Å². The third kappa shape index (κ3) is 2.88. The van der Waals surface area contributed by atoms with Gasteiger partial charge in [0.05, 0.1) is 9.89 Å². The predicted octanol–water partition coefficient (Wildman–Crippen LogP) is 3.36. The van der Waals surface area contributed by atoms with Gasteiger partial charge in [-0.1, -0.05) is 0 Å². The Labute approximate surface area is 188 Å². The molecule has 1 aliphatic heterocycles. The smallest absolute Gasteiger partial charge is 0.254 e. The number of aromatic amines is 1. The zero-order chi connectivity index (χ0) is 22.3. The van der Waals surface area contributed by atoms with Gasteiger partial charge >= 0.3 is 0 Å². The van der Waals surface area contributed by atoms with E-state index in [0.717, 1.165) is 30.5 Å². The molecule has 2 heterocycles. The molecule has 31 heavy (non-hydrogen) atoms. The number of H-pyrrole nitrogens is 1. The molecule has 2 aromatic rings. The number of ether oxygens (including phenoxy) is 2. The summed E-state index contributed by atoms with van der Waals surface area (Å²) < 4.78 is 13.3. The summed E-state index contributed by atoms with van der Waals surface area (Å²) in [5.74, 6) is 0.148. The number of nitrogens with two attached hydrogens (primary N) is 1. The maximum absolute atomic E-state index is 13.0. The van der Waals surface area contributed by atoms with Crippen molar-refractivity contribution in [3.63, 3.8) is 0 Å². The molecule has 1 aromatic heterocycles. The molecule has 4 aliphatic rings. The van der Waals surface area contributed by atoms with Crippen LogP contribution in [0, 0.1) is 26.2 Å². The second-order valence-electron chi connectivity index (χ2n) is 9.64. The van der Waals surface area contributed by atoms with Crippen LogP contribution in [0.2, 0.25) is 0 Å². The highest BCUT2D eigenvalue weighted by Gasteiger charge is 2.76. The molecule has 164 valence electrons. The van der Waals surface area contributed by atoms with Crippen LogP contribution in [0.25, 0.3) is 0 Å². The number of hydrogen-bond acceptors (Lipinski definition) is 5. The van der Waals surface area contributed by atoms with Gasteiger partial charge in [0.1, 0.15) is 0 Å². The number of nitrogens with one attached hydrogen (secondary N) is 2. The van der Waals surface area contributed by atoms with Crippen molar-refractivity contribution < 1.29 is 14.3 Å². The minimum atomic E-state index is -0.787. The molecule has 0 radical (unpaired) electrons. The van der Waals surface area contributed by atoms with Gasteiger partial charge in [0.15, 0.2) is 11.5 Å². The molecule has 1 amide bonds. The summed E-state index contributed by atoms with van der Waals surface area (Å²) in [4.78, 5) is 28.0. The molecular formula is C23H26BrN3O4. The van der Waals surface area contributed by atoms with E-state index in [1.807, 2.05) is 33.8 Å². The number of carbonyl (C=O) groups is 1. The fourth-order valence-electron chi connectivity index (χ4n) is 5.50. The van der Waals surface area contributed by atoms with Gasteiger partial charge in [-0.25, -0.2) is 0 Å². The minimum absolute atomic E-state index is 0.0617. The number of rotatable bonds is 4. The summed E-state index contributed by atoms with van der Waals surface area (Å²) in [5.41, 5.74) is 9.29. The van der Waals surface area contributed by atoms with Crippen LogP contribution in [-0.4, -0.2) is 22.2 Å². The lowest BCUT2D eigenvalue weighted by molar-refractivity contribution is -0.293. The molecular weight excluding hydrogens is 462 g/mol.